The Bertz CT molecular complexity index is 1200. The van der Waals surface area contributed by atoms with Crippen molar-refractivity contribution in [3.8, 4) is 5.69 Å². The summed E-state index contributed by atoms with van der Waals surface area (Å²) in [5.74, 6) is 0.362. The van der Waals surface area contributed by atoms with Crippen molar-refractivity contribution in [2.75, 3.05) is 10.0 Å². The first-order chi connectivity index (χ1) is 14.0. The lowest BCUT2D eigenvalue weighted by Gasteiger charge is -2.11. The lowest BCUT2D eigenvalue weighted by Crippen LogP contribution is -2.16. The molecule has 0 radical (unpaired) electrons. The van der Waals surface area contributed by atoms with Crippen molar-refractivity contribution in [2.45, 2.75) is 11.4 Å². The van der Waals surface area contributed by atoms with Crippen molar-refractivity contribution < 1.29 is 8.42 Å². The highest BCUT2D eigenvalue weighted by Crippen LogP contribution is 2.22. The Labute approximate surface area is 177 Å². The highest BCUT2D eigenvalue weighted by atomic mass is 35.5. The second kappa shape index (κ2) is 8.24. The zero-order valence-electron chi connectivity index (χ0n) is 15.0. The molecule has 0 saturated carbocycles. The van der Waals surface area contributed by atoms with Crippen molar-refractivity contribution in [3.05, 3.63) is 82.4 Å². The Morgan fingerprint density at radius 2 is 1.79 bits per heavy atom. The standard InChI is InChI=1S/C19H16ClN5O2S2/c20-19-22-13-16(28-19)12-21-14-6-8-17(9-7-14)29(26,27)24-18-10-11-23-25(18)15-4-2-1-3-5-15/h1-11,13,21,24H,12H2. The molecule has 0 unspecified atom stereocenters. The monoisotopic (exact) mass is 445 g/mol. The van der Waals surface area contributed by atoms with Gasteiger partial charge in [0.2, 0.25) is 0 Å². The molecule has 4 aromatic rings. The molecule has 2 aromatic carbocycles. The van der Waals surface area contributed by atoms with Gasteiger partial charge < -0.3 is 5.32 Å². The van der Waals surface area contributed by atoms with Crippen LogP contribution in [0, 0.1) is 0 Å². The maximum Gasteiger partial charge on any atom is 0.263 e. The van der Waals surface area contributed by atoms with Crippen LogP contribution in [0.2, 0.25) is 4.47 Å². The fourth-order valence-electron chi connectivity index (χ4n) is 2.66. The third-order valence-corrected chi connectivity index (χ3v) is 6.52. The number of anilines is 2. The average molecular weight is 446 g/mol. The van der Waals surface area contributed by atoms with E-state index < -0.39 is 10.0 Å². The number of benzene rings is 2. The van der Waals surface area contributed by atoms with Gasteiger partial charge in [0, 0.05) is 22.8 Å². The van der Waals surface area contributed by atoms with Gasteiger partial charge in [-0.15, -0.1) is 11.3 Å². The number of aromatic nitrogens is 3. The lowest BCUT2D eigenvalue weighted by atomic mass is 10.3. The highest BCUT2D eigenvalue weighted by Gasteiger charge is 2.17. The number of nitrogens with one attached hydrogen (secondary N) is 2. The van der Waals surface area contributed by atoms with E-state index in [4.69, 9.17) is 11.6 Å². The number of para-hydroxylation sites is 1. The minimum Gasteiger partial charge on any atom is -0.380 e. The van der Waals surface area contributed by atoms with Crippen LogP contribution in [0.1, 0.15) is 4.88 Å². The molecule has 2 aromatic heterocycles. The third-order valence-electron chi connectivity index (χ3n) is 4.04. The molecule has 0 atom stereocenters. The van der Waals surface area contributed by atoms with E-state index in [1.165, 1.54) is 16.0 Å². The van der Waals surface area contributed by atoms with E-state index in [0.717, 1.165) is 16.3 Å². The minimum atomic E-state index is -3.76. The largest absolute Gasteiger partial charge is 0.380 e. The molecule has 0 saturated heterocycles. The number of nitrogens with zero attached hydrogens (tertiary/aromatic N) is 3. The molecule has 2 heterocycles. The van der Waals surface area contributed by atoms with Gasteiger partial charge in [-0.2, -0.15) is 5.10 Å². The topological polar surface area (TPSA) is 88.9 Å². The third kappa shape index (κ3) is 4.58. The maximum atomic E-state index is 12.8. The Kier molecular flexibility index (Phi) is 5.52. The predicted octanol–water partition coefficient (Wildman–Crippen LogP) is 4.40. The number of halogens is 1. The summed E-state index contributed by atoms with van der Waals surface area (Å²) in [6.07, 6.45) is 3.25. The summed E-state index contributed by atoms with van der Waals surface area (Å²) in [4.78, 5) is 5.13. The summed E-state index contributed by atoms with van der Waals surface area (Å²) in [5.41, 5.74) is 1.56. The van der Waals surface area contributed by atoms with Gasteiger partial charge in [0.15, 0.2) is 4.47 Å². The molecular weight excluding hydrogens is 430 g/mol. The molecule has 0 aliphatic heterocycles. The van der Waals surface area contributed by atoms with Crippen molar-refractivity contribution in [1.82, 2.24) is 14.8 Å². The van der Waals surface area contributed by atoms with Gasteiger partial charge in [-0.1, -0.05) is 29.8 Å². The van der Waals surface area contributed by atoms with Gasteiger partial charge in [-0.05, 0) is 36.4 Å². The maximum absolute atomic E-state index is 12.8. The summed E-state index contributed by atoms with van der Waals surface area (Å²) in [6.45, 7) is 0.561. The molecule has 0 spiro atoms. The summed E-state index contributed by atoms with van der Waals surface area (Å²) in [5, 5.41) is 7.41. The van der Waals surface area contributed by atoms with Gasteiger partial charge >= 0.3 is 0 Å². The molecule has 29 heavy (non-hydrogen) atoms. The zero-order valence-corrected chi connectivity index (χ0v) is 17.4. The predicted molar refractivity (Wildman–Crippen MR) is 115 cm³/mol. The molecule has 0 bridgehead atoms. The zero-order chi connectivity index (χ0) is 20.3. The van der Waals surface area contributed by atoms with Gasteiger partial charge in [0.25, 0.3) is 10.0 Å². The van der Waals surface area contributed by atoms with E-state index >= 15 is 0 Å². The van der Waals surface area contributed by atoms with Crippen molar-refractivity contribution in [2.24, 2.45) is 0 Å². The quantitative estimate of drug-likeness (QED) is 0.440. The molecule has 0 aliphatic carbocycles. The van der Waals surface area contributed by atoms with Crippen molar-refractivity contribution >= 4 is 44.5 Å². The van der Waals surface area contributed by atoms with Gasteiger partial charge in [0.1, 0.15) is 5.82 Å². The van der Waals surface area contributed by atoms with Crippen molar-refractivity contribution in [1.29, 1.82) is 0 Å². The first kappa shape index (κ1) is 19.4. The van der Waals surface area contributed by atoms with E-state index in [1.54, 1.807) is 42.7 Å². The van der Waals surface area contributed by atoms with E-state index in [-0.39, 0.29) is 4.90 Å². The van der Waals surface area contributed by atoms with Gasteiger partial charge in [-0.25, -0.2) is 18.1 Å². The molecule has 0 aliphatic rings. The van der Waals surface area contributed by atoms with Gasteiger partial charge in [0.05, 0.1) is 23.3 Å². The van der Waals surface area contributed by atoms with Crippen LogP contribution in [0.5, 0.6) is 0 Å². The summed E-state index contributed by atoms with van der Waals surface area (Å²) >= 11 is 7.22. The van der Waals surface area contributed by atoms with E-state index in [1.807, 2.05) is 30.3 Å². The summed E-state index contributed by atoms with van der Waals surface area (Å²) in [6, 6.07) is 17.4. The molecule has 148 valence electrons. The number of hydrogen-bond donors (Lipinski definition) is 2. The number of sulfonamides is 1. The second-order valence-electron chi connectivity index (χ2n) is 6.03. The second-order valence-corrected chi connectivity index (χ2v) is 9.41. The molecule has 10 heteroatoms. The Hall–Kier alpha value is -2.88. The minimum absolute atomic E-state index is 0.157. The van der Waals surface area contributed by atoms with Crippen LogP contribution < -0.4 is 10.0 Å². The van der Waals surface area contributed by atoms with E-state index in [9.17, 15) is 8.42 Å². The van der Waals surface area contributed by atoms with E-state index in [2.05, 4.69) is 20.1 Å². The number of rotatable bonds is 7. The van der Waals surface area contributed by atoms with Gasteiger partial charge in [-0.3, -0.25) is 4.72 Å². The first-order valence-electron chi connectivity index (χ1n) is 8.58. The fourth-order valence-corrected chi connectivity index (χ4v) is 4.62. The Morgan fingerprint density at radius 1 is 1.03 bits per heavy atom. The Balaban J connectivity index is 1.47. The normalized spacial score (nSPS) is 11.3. The van der Waals surface area contributed by atoms with Crippen LogP contribution in [0.4, 0.5) is 11.5 Å². The highest BCUT2D eigenvalue weighted by molar-refractivity contribution is 7.92. The lowest BCUT2D eigenvalue weighted by molar-refractivity contribution is 0.600. The Morgan fingerprint density at radius 3 is 2.48 bits per heavy atom. The van der Waals surface area contributed by atoms with Crippen LogP contribution in [0.15, 0.2) is 78.0 Å². The van der Waals surface area contributed by atoms with Crippen LogP contribution in [0.3, 0.4) is 0 Å². The molecule has 0 fully saturated rings. The van der Waals surface area contributed by atoms with Crippen LogP contribution in [-0.2, 0) is 16.6 Å². The van der Waals surface area contributed by atoms with Crippen LogP contribution in [0.25, 0.3) is 5.69 Å². The summed E-state index contributed by atoms with van der Waals surface area (Å²) in [7, 11) is -3.76. The molecule has 4 rings (SSSR count). The molecule has 0 amide bonds. The molecule has 2 N–H and O–H groups in total. The SMILES string of the molecule is O=S(=O)(Nc1ccnn1-c1ccccc1)c1ccc(NCc2cnc(Cl)s2)cc1. The fraction of sp³-hybridized carbons (Fsp3) is 0.0526. The average Bonchev–Trinajstić information content (AvgIpc) is 3.36. The smallest absolute Gasteiger partial charge is 0.263 e. The number of thiazole rings is 1. The van der Waals surface area contributed by atoms with E-state index in [0.29, 0.717) is 16.8 Å². The first-order valence-corrected chi connectivity index (χ1v) is 11.3. The van der Waals surface area contributed by atoms with Crippen LogP contribution >= 0.6 is 22.9 Å². The summed E-state index contributed by atoms with van der Waals surface area (Å²) < 4.78 is 30.2. The van der Waals surface area contributed by atoms with Crippen LogP contribution in [-0.4, -0.2) is 23.2 Å². The van der Waals surface area contributed by atoms with Crippen molar-refractivity contribution in [3.63, 3.8) is 0 Å². The molecule has 7 nitrogen and oxygen atoms in total. The number of hydrogen-bond acceptors (Lipinski definition) is 6. The molecular formula is C19H16ClN5O2S2.